The van der Waals surface area contributed by atoms with Crippen LogP contribution >= 0.6 is 0 Å². The van der Waals surface area contributed by atoms with Crippen molar-refractivity contribution in [3.8, 4) is 28.8 Å². The Kier molecular flexibility index (Phi) is 10.5. The molecule has 2 aliphatic rings. The minimum Gasteiger partial charge on any atom is -0.405 e. The maximum atomic E-state index is 13.3. The average Bonchev–Trinajstić information content (AvgIpc) is 3.85. The normalized spacial score (nSPS) is 15.6. The van der Waals surface area contributed by atoms with Gasteiger partial charge in [0.15, 0.2) is 0 Å². The first kappa shape index (κ1) is 36.1. The molecule has 0 amide bonds. The third-order valence-corrected chi connectivity index (χ3v) is 10.6. The Bertz CT molecular complexity index is 2000. The van der Waals surface area contributed by atoms with E-state index < -0.39 is 31.4 Å². The van der Waals surface area contributed by atoms with Gasteiger partial charge in [-0.2, -0.15) is 9.94 Å². The van der Waals surface area contributed by atoms with Crippen LogP contribution in [0.5, 0.6) is 5.75 Å². The van der Waals surface area contributed by atoms with Crippen molar-refractivity contribution in [3.05, 3.63) is 86.4 Å². The van der Waals surface area contributed by atoms with Crippen LogP contribution in [-0.4, -0.2) is 59.7 Å². The molecule has 0 radical (unpaired) electrons. The van der Waals surface area contributed by atoms with Gasteiger partial charge in [0, 0.05) is 50.5 Å². The Morgan fingerprint density at radius 1 is 1.00 bits per heavy atom. The molecule has 1 saturated heterocycles. The highest BCUT2D eigenvalue weighted by Gasteiger charge is 2.36. The van der Waals surface area contributed by atoms with E-state index >= 15 is 0 Å². The molecule has 51 heavy (non-hydrogen) atoms. The summed E-state index contributed by atoms with van der Waals surface area (Å²) in [4.78, 5) is 28.4. The molecule has 1 aliphatic carbocycles. The molecule has 0 N–H and O–H groups in total. The Hall–Kier alpha value is -4.72. The summed E-state index contributed by atoms with van der Waals surface area (Å²) in [6.07, 6.45) is -1.76. The number of alkyl halides is 3. The fourth-order valence-corrected chi connectivity index (χ4v) is 6.69. The molecule has 0 unspecified atom stereocenters. The van der Waals surface area contributed by atoms with Gasteiger partial charge in [-0.1, -0.05) is 36.9 Å². The van der Waals surface area contributed by atoms with Gasteiger partial charge in [0.2, 0.25) is 5.69 Å². The minimum atomic E-state index is -4.86. The van der Waals surface area contributed by atoms with Gasteiger partial charge in [0.05, 0.1) is 18.4 Å². The van der Waals surface area contributed by atoms with Crippen LogP contribution < -0.4 is 20.9 Å². The van der Waals surface area contributed by atoms with Crippen molar-refractivity contribution in [1.29, 1.82) is 5.26 Å². The largest absolute Gasteiger partial charge is 0.573 e. The van der Waals surface area contributed by atoms with Gasteiger partial charge in [0.25, 0.3) is 5.56 Å². The molecule has 0 bridgehead atoms. The monoisotopic (exact) mass is 724 g/mol. The van der Waals surface area contributed by atoms with Crippen LogP contribution in [0.15, 0.2) is 62.6 Å². The predicted molar refractivity (Wildman–Crippen MR) is 184 cm³/mol. The van der Waals surface area contributed by atoms with E-state index in [-0.39, 0.29) is 42.4 Å². The molecule has 2 aromatic carbocycles. The van der Waals surface area contributed by atoms with E-state index in [0.29, 0.717) is 49.5 Å². The minimum absolute atomic E-state index is 0.108. The number of benzene rings is 2. The van der Waals surface area contributed by atoms with Crippen LogP contribution in [0.3, 0.4) is 0 Å². The molecule has 270 valence electrons. The molecule has 16 heteroatoms. The predicted octanol–water partition coefficient (Wildman–Crippen LogP) is 6.19. The second kappa shape index (κ2) is 14.9. The summed E-state index contributed by atoms with van der Waals surface area (Å²) < 4.78 is 63.2. The summed E-state index contributed by atoms with van der Waals surface area (Å²) in [5, 5.41) is 17.6. The first-order valence-corrected chi connectivity index (χ1v) is 20.5. The van der Waals surface area contributed by atoms with E-state index in [1.165, 1.54) is 18.2 Å². The molecule has 0 atom stereocenters. The number of halogens is 3. The van der Waals surface area contributed by atoms with Crippen LogP contribution in [0.2, 0.25) is 25.7 Å². The highest BCUT2D eigenvalue weighted by molar-refractivity contribution is 6.76. The van der Waals surface area contributed by atoms with Crippen LogP contribution in [-0.2, 0) is 22.8 Å². The van der Waals surface area contributed by atoms with Crippen LogP contribution in [0.4, 0.5) is 18.9 Å². The summed E-state index contributed by atoms with van der Waals surface area (Å²) in [6, 6.07) is 15.5. The number of ether oxygens (including phenoxy) is 3. The zero-order valence-corrected chi connectivity index (χ0v) is 29.6. The van der Waals surface area contributed by atoms with Gasteiger partial charge in [-0.25, -0.2) is 9.36 Å². The molecule has 2 fully saturated rings. The molecule has 1 saturated carbocycles. The number of aromatic nitrogens is 4. The van der Waals surface area contributed by atoms with E-state index in [1.807, 2.05) is 12.1 Å². The fraction of sp³-hybridized carbons (Fsp3) is 0.457. The van der Waals surface area contributed by atoms with Crippen molar-refractivity contribution < 1.29 is 31.9 Å². The number of rotatable bonds is 13. The average molecular weight is 725 g/mol. The van der Waals surface area contributed by atoms with Gasteiger partial charge in [-0.15, -0.1) is 18.3 Å². The second-order valence-corrected chi connectivity index (χ2v) is 19.6. The molecule has 3 heterocycles. The molecular formula is C35H39F3N6O6Si. The lowest BCUT2D eigenvalue weighted by molar-refractivity contribution is -0.274. The first-order valence-electron chi connectivity index (χ1n) is 16.8. The number of anilines is 1. The van der Waals surface area contributed by atoms with Crippen LogP contribution in [0, 0.1) is 11.3 Å². The number of piperidine rings is 1. The van der Waals surface area contributed by atoms with Crippen molar-refractivity contribution in [1.82, 2.24) is 19.5 Å². The van der Waals surface area contributed by atoms with Crippen molar-refractivity contribution in [3.63, 3.8) is 0 Å². The van der Waals surface area contributed by atoms with Gasteiger partial charge >= 0.3 is 12.1 Å². The topological polar surface area (TPSA) is 138 Å². The summed E-state index contributed by atoms with van der Waals surface area (Å²) in [5.74, 6) is 0.449. The van der Waals surface area contributed by atoms with Crippen LogP contribution in [0.1, 0.15) is 48.6 Å². The van der Waals surface area contributed by atoms with E-state index in [2.05, 4.69) is 39.5 Å². The summed E-state index contributed by atoms with van der Waals surface area (Å²) in [6.45, 7) is 8.36. The third kappa shape index (κ3) is 8.78. The maximum absolute atomic E-state index is 13.3. The molecule has 12 nitrogen and oxygen atoms in total. The number of hydrogen-bond acceptors (Lipinski definition) is 10. The van der Waals surface area contributed by atoms with Crippen molar-refractivity contribution in [2.24, 2.45) is 0 Å². The molecule has 1 aliphatic heterocycles. The van der Waals surface area contributed by atoms with Gasteiger partial charge in [0.1, 0.15) is 30.0 Å². The molecule has 2 aromatic heterocycles. The lowest BCUT2D eigenvalue weighted by Gasteiger charge is -2.33. The highest BCUT2D eigenvalue weighted by atomic mass is 28.3. The SMILES string of the molecule is C[Si](C)(C)CCOCn1nc(C#N)c(=O)n(-c2ccc(N3CCC(OCc4c(-c5ccccc5OC(F)(F)F)noc4C4CC4)CC3)cc2)c1=O. The molecule has 6 rings (SSSR count). The Balaban J connectivity index is 1.11. The lowest BCUT2D eigenvalue weighted by Crippen LogP contribution is -2.42. The summed E-state index contributed by atoms with van der Waals surface area (Å²) in [5.41, 5.74) is 0.385. The molecule has 0 spiro atoms. The third-order valence-electron chi connectivity index (χ3n) is 8.87. The number of para-hydroxylation sites is 1. The van der Waals surface area contributed by atoms with E-state index in [0.717, 1.165) is 33.8 Å². The maximum Gasteiger partial charge on any atom is 0.573 e. The number of nitrogens with zero attached hydrogens (tertiary/aromatic N) is 6. The quantitative estimate of drug-likeness (QED) is 0.116. The second-order valence-electron chi connectivity index (χ2n) is 13.9. The van der Waals surface area contributed by atoms with E-state index in [1.54, 1.807) is 24.3 Å². The number of nitriles is 1. The Morgan fingerprint density at radius 3 is 2.33 bits per heavy atom. The van der Waals surface area contributed by atoms with Crippen molar-refractivity contribution in [2.45, 2.75) is 83.1 Å². The summed E-state index contributed by atoms with van der Waals surface area (Å²) >= 11 is 0. The van der Waals surface area contributed by atoms with Gasteiger partial charge in [-0.3, -0.25) is 4.79 Å². The highest BCUT2D eigenvalue weighted by Crippen LogP contribution is 2.46. The fourth-order valence-electron chi connectivity index (χ4n) is 5.94. The zero-order chi connectivity index (χ0) is 36.3. The molecular weight excluding hydrogens is 686 g/mol. The standard InChI is InChI=1S/C35H39F3N6O6Si/c1-51(2,3)19-18-47-22-43-34(46)44(33(45)29(20-39)40-43)25-12-10-24(11-13-25)42-16-14-26(15-17-42)48-21-28-31(41-50-32(28)23-8-9-23)27-6-4-5-7-30(27)49-35(36,37)38/h4-7,10-13,23,26H,8-9,14-19,21-22H2,1-3H3. The van der Waals surface area contributed by atoms with Gasteiger partial charge in [-0.05, 0) is 68.1 Å². The molecule has 4 aromatic rings. The van der Waals surface area contributed by atoms with Gasteiger partial charge < -0.3 is 23.6 Å². The number of hydrogen-bond donors (Lipinski definition) is 0. The summed E-state index contributed by atoms with van der Waals surface area (Å²) in [7, 11) is -1.35. The smallest absolute Gasteiger partial charge is 0.405 e. The van der Waals surface area contributed by atoms with E-state index in [4.69, 9.17) is 14.0 Å². The van der Waals surface area contributed by atoms with Crippen LogP contribution in [0.25, 0.3) is 16.9 Å². The first-order chi connectivity index (χ1) is 24.3. The van der Waals surface area contributed by atoms with Crippen molar-refractivity contribution in [2.75, 3.05) is 24.6 Å². The Labute approximate surface area is 293 Å². The Morgan fingerprint density at radius 2 is 1.69 bits per heavy atom. The van der Waals surface area contributed by atoms with Crippen molar-refractivity contribution >= 4 is 13.8 Å². The lowest BCUT2D eigenvalue weighted by atomic mass is 10.0. The zero-order valence-electron chi connectivity index (χ0n) is 28.6. The van der Waals surface area contributed by atoms with E-state index in [9.17, 15) is 28.0 Å².